The molecule has 0 atom stereocenters. The van der Waals surface area contributed by atoms with Crippen LogP contribution in [-0.4, -0.2) is 60.4 Å². The van der Waals surface area contributed by atoms with Crippen molar-refractivity contribution in [2.75, 3.05) is 32.7 Å². The molecule has 4 amide bonds. The van der Waals surface area contributed by atoms with Gasteiger partial charge in [0.1, 0.15) is 0 Å². The van der Waals surface area contributed by atoms with Crippen LogP contribution in [-0.2, 0) is 16.1 Å². The van der Waals surface area contributed by atoms with Gasteiger partial charge < -0.3 is 10.2 Å². The minimum absolute atomic E-state index is 0.171. The molecule has 25 heavy (non-hydrogen) atoms. The Labute approximate surface area is 147 Å². The largest absolute Gasteiger partial charge is 0.340 e. The molecule has 2 N–H and O–H groups in total. The molecule has 2 fully saturated rings. The third kappa shape index (κ3) is 5.29. The fourth-order valence-corrected chi connectivity index (χ4v) is 2.91. The Morgan fingerprint density at radius 1 is 1.00 bits per heavy atom. The van der Waals surface area contributed by atoms with Crippen molar-refractivity contribution in [1.82, 2.24) is 20.4 Å². The molecule has 7 heteroatoms. The summed E-state index contributed by atoms with van der Waals surface area (Å²) in [6, 6.07) is 9.03. The van der Waals surface area contributed by atoms with E-state index in [0.29, 0.717) is 32.7 Å². The molecule has 134 valence electrons. The second-order valence-corrected chi connectivity index (χ2v) is 6.59. The van der Waals surface area contributed by atoms with E-state index in [0.717, 1.165) is 18.4 Å². The van der Waals surface area contributed by atoms with Gasteiger partial charge in [-0.25, -0.2) is 4.79 Å². The highest BCUT2D eigenvalue weighted by Gasteiger charge is 2.34. The number of benzene rings is 1. The number of nitrogens with zero attached hydrogens (tertiary/aromatic N) is 2. The average molecular weight is 344 g/mol. The van der Waals surface area contributed by atoms with Gasteiger partial charge in [0.2, 0.25) is 11.8 Å². The molecular weight excluding hydrogens is 320 g/mol. The summed E-state index contributed by atoms with van der Waals surface area (Å²) in [7, 11) is 0. The van der Waals surface area contributed by atoms with E-state index in [1.807, 2.05) is 40.1 Å². The van der Waals surface area contributed by atoms with Crippen LogP contribution in [0.4, 0.5) is 4.79 Å². The summed E-state index contributed by atoms with van der Waals surface area (Å²) >= 11 is 0. The Morgan fingerprint density at radius 2 is 1.68 bits per heavy atom. The van der Waals surface area contributed by atoms with Crippen LogP contribution in [0.3, 0.4) is 0 Å². The topological polar surface area (TPSA) is 81.8 Å². The summed E-state index contributed by atoms with van der Waals surface area (Å²) < 4.78 is 0. The first kappa shape index (κ1) is 17.4. The van der Waals surface area contributed by atoms with E-state index < -0.39 is 6.03 Å². The van der Waals surface area contributed by atoms with Crippen molar-refractivity contribution < 1.29 is 14.4 Å². The number of amides is 4. The van der Waals surface area contributed by atoms with Gasteiger partial charge in [0.05, 0.1) is 6.54 Å². The smallest absolute Gasteiger partial charge is 0.321 e. The van der Waals surface area contributed by atoms with Crippen LogP contribution in [0.2, 0.25) is 0 Å². The van der Waals surface area contributed by atoms with Gasteiger partial charge in [0.15, 0.2) is 0 Å². The summed E-state index contributed by atoms with van der Waals surface area (Å²) in [5.74, 6) is 0.167. The predicted molar refractivity (Wildman–Crippen MR) is 92.6 cm³/mol. The van der Waals surface area contributed by atoms with Crippen LogP contribution < -0.4 is 10.6 Å². The average Bonchev–Trinajstić information content (AvgIpc) is 3.46. The molecule has 7 nitrogen and oxygen atoms in total. The maximum Gasteiger partial charge on any atom is 0.321 e. The Kier molecular flexibility index (Phi) is 5.65. The quantitative estimate of drug-likeness (QED) is 0.818. The van der Waals surface area contributed by atoms with E-state index in [9.17, 15) is 14.4 Å². The van der Waals surface area contributed by atoms with Gasteiger partial charge in [-0.15, -0.1) is 0 Å². The lowest BCUT2D eigenvalue weighted by atomic mass is 10.2. The maximum atomic E-state index is 12.0. The highest BCUT2D eigenvalue weighted by molar-refractivity contribution is 5.95. The highest BCUT2D eigenvalue weighted by atomic mass is 16.2. The van der Waals surface area contributed by atoms with Gasteiger partial charge in [0, 0.05) is 38.6 Å². The summed E-state index contributed by atoms with van der Waals surface area (Å²) in [5.41, 5.74) is 0.974. The lowest BCUT2D eigenvalue weighted by Gasteiger charge is -2.34. The van der Waals surface area contributed by atoms with Crippen molar-refractivity contribution >= 4 is 17.8 Å². The van der Waals surface area contributed by atoms with E-state index >= 15 is 0 Å². The van der Waals surface area contributed by atoms with Crippen LogP contribution in [0.15, 0.2) is 30.3 Å². The monoisotopic (exact) mass is 344 g/mol. The molecule has 1 saturated carbocycles. The number of piperazine rings is 1. The molecule has 1 aliphatic heterocycles. The summed E-state index contributed by atoms with van der Waals surface area (Å²) in [4.78, 5) is 39.6. The Morgan fingerprint density at radius 3 is 2.32 bits per heavy atom. The Balaban J connectivity index is 1.33. The second kappa shape index (κ2) is 8.11. The van der Waals surface area contributed by atoms with Gasteiger partial charge in [-0.1, -0.05) is 30.3 Å². The molecule has 3 rings (SSSR count). The first-order chi connectivity index (χ1) is 12.1. The number of hydrogen-bond donors (Lipinski definition) is 2. The standard InChI is InChI=1S/C18H24N4O3/c23-16(20-18(25)19-12-14-4-2-1-3-5-14)13-21-8-10-22(11-9-21)17(24)15-6-7-15/h1-5,15H,6-13H2,(H2,19,20,23,25). The van der Waals surface area contributed by atoms with E-state index in [1.54, 1.807) is 0 Å². The van der Waals surface area contributed by atoms with Crippen LogP contribution in [0.25, 0.3) is 0 Å². The van der Waals surface area contributed by atoms with Gasteiger partial charge >= 0.3 is 6.03 Å². The molecule has 0 bridgehead atoms. The molecule has 1 aromatic carbocycles. The number of carbonyl (C=O) groups excluding carboxylic acids is 3. The molecule has 0 radical (unpaired) electrons. The van der Waals surface area contributed by atoms with E-state index in [-0.39, 0.29) is 24.3 Å². The van der Waals surface area contributed by atoms with E-state index in [2.05, 4.69) is 10.6 Å². The molecule has 1 aliphatic carbocycles. The molecular formula is C18H24N4O3. The van der Waals surface area contributed by atoms with Gasteiger partial charge in [0.25, 0.3) is 0 Å². The zero-order chi connectivity index (χ0) is 17.6. The zero-order valence-corrected chi connectivity index (χ0v) is 14.2. The second-order valence-electron chi connectivity index (χ2n) is 6.59. The zero-order valence-electron chi connectivity index (χ0n) is 14.2. The summed E-state index contributed by atoms with van der Waals surface area (Å²) in [5, 5.41) is 5.01. The highest BCUT2D eigenvalue weighted by Crippen LogP contribution is 2.31. The first-order valence-electron chi connectivity index (χ1n) is 8.74. The van der Waals surface area contributed by atoms with Crippen molar-refractivity contribution in [3.8, 4) is 0 Å². The molecule has 0 aromatic heterocycles. The van der Waals surface area contributed by atoms with Gasteiger partial charge in [-0.2, -0.15) is 0 Å². The van der Waals surface area contributed by atoms with Crippen LogP contribution in [0, 0.1) is 5.92 Å². The van der Waals surface area contributed by atoms with Gasteiger partial charge in [-0.3, -0.25) is 19.8 Å². The van der Waals surface area contributed by atoms with Crippen molar-refractivity contribution in [3.63, 3.8) is 0 Å². The van der Waals surface area contributed by atoms with Crippen LogP contribution in [0.1, 0.15) is 18.4 Å². The third-order valence-electron chi connectivity index (χ3n) is 4.53. The summed E-state index contributed by atoms with van der Waals surface area (Å²) in [6.45, 7) is 3.19. The SMILES string of the molecule is O=C(CN1CCN(C(=O)C2CC2)CC1)NC(=O)NCc1ccccc1. The number of imide groups is 1. The minimum atomic E-state index is -0.489. The molecule has 1 saturated heterocycles. The fraction of sp³-hybridized carbons (Fsp3) is 0.500. The molecule has 1 aromatic rings. The van der Waals surface area contributed by atoms with Crippen molar-refractivity contribution in [1.29, 1.82) is 0 Å². The van der Waals surface area contributed by atoms with Crippen LogP contribution in [0.5, 0.6) is 0 Å². The number of urea groups is 1. The van der Waals surface area contributed by atoms with Crippen molar-refractivity contribution in [2.45, 2.75) is 19.4 Å². The van der Waals surface area contributed by atoms with Crippen molar-refractivity contribution in [2.24, 2.45) is 5.92 Å². The maximum absolute atomic E-state index is 12.0. The number of rotatable bonds is 5. The van der Waals surface area contributed by atoms with Gasteiger partial charge in [-0.05, 0) is 18.4 Å². The lowest BCUT2D eigenvalue weighted by molar-refractivity contribution is -0.134. The normalized spacial score (nSPS) is 17.8. The number of nitrogens with one attached hydrogen (secondary N) is 2. The third-order valence-corrected chi connectivity index (χ3v) is 4.53. The molecule has 0 spiro atoms. The molecule has 1 heterocycles. The number of carbonyl (C=O) groups is 3. The van der Waals surface area contributed by atoms with Crippen molar-refractivity contribution in [3.05, 3.63) is 35.9 Å². The Bertz CT molecular complexity index is 622. The minimum Gasteiger partial charge on any atom is -0.340 e. The molecule has 0 unspecified atom stereocenters. The Hall–Kier alpha value is -2.41. The summed E-state index contributed by atoms with van der Waals surface area (Å²) in [6.07, 6.45) is 2.03. The van der Waals surface area contributed by atoms with Crippen LogP contribution >= 0.6 is 0 Å². The first-order valence-corrected chi connectivity index (χ1v) is 8.74. The number of hydrogen-bond acceptors (Lipinski definition) is 4. The fourth-order valence-electron chi connectivity index (χ4n) is 2.91. The van der Waals surface area contributed by atoms with E-state index in [1.165, 1.54) is 0 Å². The molecule has 2 aliphatic rings. The predicted octanol–water partition coefficient (Wildman–Crippen LogP) is 0.567. The van der Waals surface area contributed by atoms with E-state index in [4.69, 9.17) is 0 Å². The lowest BCUT2D eigenvalue weighted by Crippen LogP contribution is -2.52.